The fraction of sp³-hybridized carbons (Fsp3) is 0.231. The number of aryl methyl sites for hydroxylation is 1. The van der Waals surface area contributed by atoms with E-state index in [0.717, 1.165) is 12.8 Å². The summed E-state index contributed by atoms with van der Waals surface area (Å²) in [6, 6.07) is 12.5. The zero-order chi connectivity index (χ0) is 10.5. The quantitative estimate of drug-likeness (QED) is 0.749. The molecule has 2 heteroatoms. The first-order valence-corrected chi connectivity index (χ1v) is 5.98. The SMILES string of the molecule is BrC(CCc1ccoc1)c1ccccc1. The van der Waals surface area contributed by atoms with Gasteiger partial charge in [-0.05, 0) is 30.0 Å². The van der Waals surface area contributed by atoms with Crippen LogP contribution in [-0.2, 0) is 6.42 Å². The van der Waals surface area contributed by atoms with E-state index in [1.54, 1.807) is 6.26 Å². The molecular formula is C13H13BrO. The van der Waals surface area contributed by atoms with Gasteiger partial charge in [0.2, 0.25) is 0 Å². The third-order valence-electron chi connectivity index (χ3n) is 2.43. The average molecular weight is 265 g/mol. The highest BCUT2D eigenvalue weighted by molar-refractivity contribution is 9.09. The maximum Gasteiger partial charge on any atom is 0.0934 e. The maximum absolute atomic E-state index is 5.04. The molecule has 1 unspecified atom stereocenters. The maximum atomic E-state index is 5.04. The number of rotatable bonds is 4. The Morgan fingerprint density at radius 3 is 2.60 bits per heavy atom. The lowest BCUT2D eigenvalue weighted by atomic mass is 10.1. The van der Waals surface area contributed by atoms with Gasteiger partial charge in [-0.3, -0.25) is 0 Å². The fourth-order valence-electron chi connectivity index (χ4n) is 1.56. The zero-order valence-electron chi connectivity index (χ0n) is 8.40. The van der Waals surface area contributed by atoms with Crippen molar-refractivity contribution in [2.75, 3.05) is 0 Å². The van der Waals surface area contributed by atoms with E-state index in [1.165, 1.54) is 11.1 Å². The topological polar surface area (TPSA) is 13.1 Å². The molecule has 15 heavy (non-hydrogen) atoms. The van der Waals surface area contributed by atoms with Gasteiger partial charge < -0.3 is 4.42 Å². The van der Waals surface area contributed by atoms with E-state index in [2.05, 4.69) is 40.2 Å². The highest BCUT2D eigenvalue weighted by Crippen LogP contribution is 2.27. The van der Waals surface area contributed by atoms with E-state index in [1.807, 2.05) is 18.4 Å². The summed E-state index contributed by atoms with van der Waals surface area (Å²) in [5, 5.41) is 0. The van der Waals surface area contributed by atoms with Crippen molar-refractivity contribution in [2.24, 2.45) is 0 Å². The molecule has 0 bridgehead atoms. The van der Waals surface area contributed by atoms with Crippen molar-refractivity contribution < 1.29 is 4.42 Å². The van der Waals surface area contributed by atoms with Crippen molar-refractivity contribution in [1.29, 1.82) is 0 Å². The van der Waals surface area contributed by atoms with Crippen LogP contribution in [0, 0.1) is 0 Å². The van der Waals surface area contributed by atoms with Crippen LogP contribution in [0.5, 0.6) is 0 Å². The Balaban J connectivity index is 1.90. The standard InChI is InChI=1S/C13H13BrO/c14-13(12-4-2-1-3-5-12)7-6-11-8-9-15-10-11/h1-5,8-10,13H,6-7H2. The molecule has 0 spiro atoms. The molecule has 0 aliphatic heterocycles. The molecule has 0 radical (unpaired) electrons. The molecule has 0 aliphatic rings. The Morgan fingerprint density at radius 1 is 1.13 bits per heavy atom. The molecule has 1 aromatic heterocycles. The van der Waals surface area contributed by atoms with Gasteiger partial charge in [0, 0.05) is 4.83 Å². The molecule has 2 aromatic rings. The summed E-state index contributed by atoms with van der Waals surface area (Å²) in [4.78, 5) is 0.425. The molecule has 0 amide bonds. The van der Waals surface area contributed by atoms with E-state index >= 15 is 0 Å². The predicted octanol–water partition coefficient (Wildman–Crippen LogP) is 4.35. The number of hydrogen-bond acceptors (Lipinski definition) is 1. The summed E-state index contributed by atoms with van der Waals surface area (Å²) in [6.07, 6.45) is 5.66. The Kier molecular flexibility index (Phi) is 3.62. The van der Waals surface area contributed by atoms with E-state index in [9.17, 15) is 0 Å². The van der Waals surface area contributed by atoms with Crippen molar-refractivity contribution in [3.63, 3.8) is 0 Å². The van der Waals surface area contributed by atoms with Crippen molar-refractivity contribution in [3.8, 4) is 0 Å². The number of hydrogen-bond donors (Lipinski definition) is 0. The van der Waals surface area contributed by atoms with E-state index in [4.69, 9.17) is 4.42 Å². The van der Waals surface area contributed by atoms with Crippen LogP contribution in [0.2, 0.25) is 0 Å². The Morgan fingerprint density at radius 2 is 1.93 bits per heavy atom. The van der Waals surface area contributed by atoms with Gasteiger partial charge in [-0.2, -0.15) is 0 Å². The molecule has 1 nitrogen and oxygen atoms in total. The molecule has 0 N–H and O–H groups in total. The minimum absolute atomic E-state index is 0.425. The van der Waals surface area contributed by atoms with E-state index in [0.29, 0.717) is 4.83 Å². The lowest BCUT2D eigenvalue weighted by Crippen LogP contribution is -1.92. The van der Waals surface area contributed by atoms with Gasteiger partial charge in [-0.1, -0.05) is 46.3 Å². The Hall–Kier alpha value is -1.02. The summed E-state index contributed by atoms with van der Waals surface area (Å²) in [5.74, 6) is 0. The number of halogens is 1. The highest BCUT2D eigenvalue weighted by Gasteiger charge is 2.06. The smallest absolute Gasteiger partial charge is 0.0934 e. The summed E-state index contributed by atoms with van der Waals surface area (Å²) in [6.45, 7) is 0. The number of furan rings is 1. The summed E-state index contributed by atoms with van der Waals surface area (Å²) in [5.41, 5.74) is 2.59. The molecule has 0 saturated heterocycles. The summed E-state index contributed by atoms with van der Waals surface area (Å²) >= 11 is 3.70. The van der Waals surface area contributed by atoms with Crippen LogP contribution in [0.4, 0.5) is 0 Å². The van der Waals surface area contributed by atoms with Crippen LogP contribution >= 0.6 is 15.9 Å². The predicted molar refractivity (Wildman–Crippen MR) is 65.1 cm³/mol. The van der Waals surface area contributed by atoms with Crippen LogP contribution in [0.25, 0.3) is 0 Å². The summed E-state index contributed by atoms with van der Waals surface area (Å²) < 4.78 is 5.04. The van der Waals surface area contributed by atoms with E-state index in [-0.39, 0.29) is 0 Å². The third-order valence-corrected chi connectivity index (χ3v) is 3.41. The molecule has 2 rings (SSSR count). The van der Waals surface area contributed by atoms with Crippen molar-refractivity contribution >= 4 is 15.9 Å². The second kappa shape index (κ2) is 5.17. The van der Waals surface area contributed by atoms with Crippen molar-refractivity contribution in [3.05, 3.63) is 60.1 Å². The van der Waals surface area contributed by atoms with Crippen molar-refractivity contribution in [1.82, 2.24) is 0 Å². The van der Waals surface area contributed by atoms with Gasteiger partial charge in [0.1, 0.15) is 0 Å². The average Bonchev–Trinajstić information content (AvgIpc) is 2.80. The Bertz CT molecular complexity index is 380. The van der Waals surface area contributed by atoms with Gasteiger partial charge in [-0.25, -0.2) is 0 Å². The fourth-order valence-corrected chi connectivity index (χ4v) is 2.09. The first-order valence-electron chi connectivity index (χ1n) is 5.06. The molecular weight excluding hydrogens is 252 g/mol. The lowest BCUT2D eigenvalue weighted by molar-refractivity contribution is 0.563. The normalized spacial score (nSPS) is 12.6. The molecule has 1 atom stereocenters. The first-order chi connectivity index (χ1) is 7.36. The molecule has 0 aliphatic carbocycles. The molecule has 1 heterocycles. The second-order valence-electron chi connectivity index (χ2n) is 3.55. The van der Waals surface area contributed by atoms with Gasteiger partial charge in [-0.15, -0.1) is 0 Å². The van der Waals surface area contributed by atoms with Crippen LogP contribution in [0.3, 0.4) is 0 Å². The minimum Gasteiger partial charge on any atom is -0.472 e. The minimum atomic E-state index is 0.425. The van der Waals surface area contributed by atoms with Crippen LogP contribution in [0.15, 0.2) is 53.3 Å². The largest absolute Gasteiger partial charge is 0.472 e. The molecule has 78 valence electrons. The van der Waals surface area contributed by atoms with Gasteiger partial charge in [0.05, 0.1) is 12.5 Å². The van der Waals surface area contributed by atoms with Crippen LogP contribution in [0.1, 0.15) is 22.4 Å². The highest BCUT2D eigenvalue weighted by atomic mass is 79.9. The Labute approximate surface area is 98.2 Å². The van der Waals surface area contributed by atoms with Gasteiger partial charge >= 0.3 is 0 Å². The number of benzene rings is 1. The molecule has 0 fully saturated rings. The third kappa shape index (κ3) is 2.96. The zero-order valence-corrected chi connectivity index (χ0v) is 9.98. The van der Waals surface area contributed by atoms with Crippen LogP contribution < -0.4 is 0 Å². The lowest BCUT2D eigenvalue weighted by Gasteiger charge is -2.08. The monoisotopic (exact) mass is 264 g/mol. The molecule has 0 saturated carbocycles. The second-order valence-corrected chi connectivity index (χ2v) is 4.65. The first kappa shape index (κ1) is 10.5. The van der Waals surface area contributed by atoms with Gasteiger partial charge in [0.15, 0.2) is 0 Å². The van der Waals surface area contributed by atoms with Crippen LogP contribution in [-0.4, -0.2) is 0 Å². The van der Waals surface area contributed by atoms with Crippen molar-refractivity contribution in [2.45, 2.75) is 17.7 Å². The molecule has 1 aromatic carbocycles. The number of alkyl halides is 1. The van der Waals surface area contributed by atoms with Gasteiger partial charge in [0.25, 0.3) is 0 Å². The van der Waals surface area contributed by atoms with E-state index < -0.39 is 0 Å². The summed E-state index contributed by atoms with van der Waals surface area (Å²) in [7, 11) is 0.